The highest BCUT2D eigenvalue weighted by Gasteiger charge is 2.15. The van der Waals surface area contributed by atoms with E-state index < -0.39 is 9.84 Å². The van der Waals surface area contributed by atoms with E-state index in [4.69, 9.17) is 0 Å². The van der Waals surface area contributed by atoms with E-state index in [1.807, 2.05) is 12.3 Å². The Morgan fingerprint density at radius 3 is 2.59 bits per heavy atom. The standard InChI is InChI=1S/C21H25N5O2S/c1-2-29(27,28)17-10-8-16(9-11-17)24-21-25-19-18(12-13-22-19)20(26-21)23-14-15-6-4-3-5-7-15/h2,8-13,15H,1,3-7,14H2,(H3,22,23,24,25,26). The first-order valence-corrected chi connectivity index (χ1v) is 11.4. The molecule has 0 bridgehead atoms. The third kappa shape index (κ3) is 4.42. The van der Waals surface area contributed by atoms with E-state index in [0.29, 0.717) is 17.6 Å². The number of hydrogen-bond donors (Lipinski definition) is 3. The normalized spacial score (nSPS) is 15.3. The molecule has 1 aliphatic carbocycles. The summed E-state index contributed by atoms with van der Waals surface area (Å²) in [4.78, 5) is 12.5. The van der Waals surface area contributed by atoms with Crippen LogP contribution in [0, 0.1) is 5.92 Å². The number of aromatic nitrogens is 3. The lowest BCUT2D eigenvalue weighted by Crippen LogP contribution is -2.18. The molecule has 1 aromatic carbocycles. The minimum atomic E-state index is -3.44. The quantitative estimate of drug-likeness (QED) is 0.525. The van der Waals surface area contributed by atoms with Crippen LogP contribution < -0.4 is 10.6 Å². The lowest BCUT2D eigenvalue weighted by Gasteiger charge is -2.22. The molecule has 3 N–H and O–H groups in total. The number of aromatic amines is 1. The predicted octanol–water partition coefficient (Wildman–Crippen LogP) is 4.61. The van der Waals surface area contributed by atoms with Crippen LogP contribution in [-0.4, -0.2) is 29.9 Å². The molecule has 29 heavy (non-hydrogen) atoms. The van der Waals surface area contributed by atoms with Gasteiger partial charge in [0.2, 0.25) is 5.95 Å². The average molecular weight is 412 g/mol. The van der Waals surface area contributed by atoms with E-state index >= 15 is 0 Å². The number of H-pyrrole nitrogens is 1. The molecule has 1 fully saturated rings. The zero-order valence-electron chi connectivity index (χ0n) is 16.2. The fourth-order valence-electron chi connectivity index (χ4n) is 3.72. The number of nitrogens with one attached hydrogen (secondary N) is 3. The third-order valence-corrected chi connectivity index (χ3v) is 6.73. The molecule has 0 spiro atoms. The largest absolute Gasteiger partial charge is 0.369 e. The summed E-state index contributed by atoms with van der Waals surface area (Å²) in [6.07, 6.45) is 8.33. The first kappa shape index (κ1) is 19.4. The Labute approximate surface area is 170 Å². The molecule has 0 saturated heterocycles. The number of fused-ring (bicyclic) bond motifs is 1. The van der Waals surface area contributed by atoms with Gasteiger partial charge in [0.15, 0.2) is 9.84 Å². The lowest BCUT2D eigenvalue weighted by molar-refractivity contribution is 0.373. The molecule has 2 aromatic heterocycles. The van der Waals surface area contributed by atoms with Crippen LogP contribution in [0.25, 0.3) is 11.0 Å². The van der Waals surface area contributed by atoms with Crippen LogP contribution in [0.15, 0.2) is 53.4 Å². The van der Waals surface area contributed by atoms with Crippen molar-refractivity contribution in [3.8, 4) is 0 Å². The van der Waals surface area contributed by atoms with Gasteiger partial charge in [0.1, 0.15) is 11.5 Å². The number of benzene rings is 1. The highest BCUT2D eigenvalue weighted by Crippen LogP contribution is 2.27. The Balaban J connectivity index is 1.53. The van der Waals surface area contributed by atoms with Crippen molar-refractivity contribution in [2.75, 3.05) is 17.2 Å². The maximum Gasteiger partial charge on any atom is 0.231 e. The molecule has 1 saturated carbocycles. The maximum absolute atomic E-state index is 11.9. The number of anilines is 3. The van der Waals surface area contributed by atoms with Crippen LogP contribution in [0.2, 0.25) is 0 Å². The summed E-state index contributed by atoms with van der Waals surface area (Å²) in [6.45, 7) is 4.26. The van der Waals surface area contributed by atoms with Crippen molar-refractivity contribution in [2.45, 2.75) is 37.0 Å². The Kier molecular flexibility index (Phi) is 5.53. The SMILES string of the molecule is C=CS(=O)(=O)c1ccc(Nc2nc(NCC3CCCCC3)c3cc[nH]c3n2)cc1. The van der Waals surface area contributed by atoms with E-state index in [1.54, 1.807) is 12.1 Å². The van der Waals surface area contributed by atoms with Gasteiger partial charge in [-0.1, -0.05) is 25.8 Å². The molecule has 7 nitrogen and oxygen atoms in total. The smallest absolute Gasteiger partial charge is 0.231 e. The molecule has 1 aliphatic rings. The molecule has 4 rings (SSSR count). The van der Waals surface area contributed by atoms with Gasteiger partial charge in [0.05, 0.1) is 10.3 Å². The summed E-state index contributed by atoms with van der Waals surface area (Å²) in [5, 5.41) is 8.57. The zero-order valence-corrected chi connectivity index (χ0v) is 17.0. The molecule has 0 atom stereocenters. The van der Waals surface area contributed by atoms with Crippen molar-refractivity contribution in [1.29, 1.82) is 0 Å². The Morgan fingerprint density at radius 2 is 1.86 bits per heavy atom. The topological polar surface area (TPSA) is 99.8 Å². The van der Waals surface area contributed by atoms with Crippen molar-refractivity contribution >= 4 is 38.3 Å². The van der Waals surface area contributed by atoms with E-state index in [2.05, 4.69) is 32.2 Å². The van der Waals surface area contributed by atoms with E-state index in [-0.39, 0.29) is 4.90 Å². The molecular formula is C21H25N5O2S. The molecule has 152 valence electrons. The van der Waals surface area contributed by atoms with Crippen molar-refractivity contribution < 1.29 is 8.42 Å². The van der Waals surface area contributed by atoms with Gasteiger partial charge in [0, 0.05) is 23.8 Å². The van der Waals surface area contributed by atoms with Crippen LogP contribution in [0.1, 0.15) is 32.1 Å². The number of sulfone groups is 1. The Bertz CT molecular complexity index is 1100. The molecule has 0 aliphatic heterocycles. The van der Waals surface area contributed by atoms with Crippen molar-refractivity contribution in [1.82, 2.24) is 15.0 Å². The van der Waals surface area contributed by atoms with Crippen molar-refractivity contribution in [3.05, 3.63) is 48.5 Å². The summed E-state index contributed by atoms with van der Waals surface area (Å²) in [6, 6.07) is 8.42. The average Bonchev–Trinajstić information content (AvgIpc) is 3.22. The first-order valence-electron chi connectivity index (χ1n) is 9.89. The summed E-state index contributed by atoms with van der Waals surface area (Å²) in [5.74, 6) is 1.93. The third-order valence-electron chi connectivity index (χ3n) is 5.36. The molecule has 2 heterocycles. The fraction of sp³-hybridized carbons (Fsp3) is 0.333. The van der Waals surface area contributed by atoms with Gasteiger partial charge in [-0.05, 0) is 49.1 Å². The van der Waals surface area contributed by atoms with Gasteiger partial charge in [-0.25, -0.2) is 8.42 Å². The van der Waals surface area contributed by atoms with Gasteiger partial charge >= 0.3 is 0 Å². The minimum absolute atomic E-state index is 0.202. The van der Waals surface area contributed by atoms with E-state index in [0.717, 1.165) is 28.8 Å². The Hall–Kier alpha value is -2.87. The van der Waals surface area contributed by atoms with Gasteiger partial charge in [-0.3, -0.25) is 0 Å². The summed E-state index contributed by atoms with van der Waals surface area (Å²) >= 11 is 0. The van der Waals surface area contributed by atoms with Gasteiger partial charge < -0.3 is 15.6 Å². The predicted molar refractivity (Wildman–Crippen MR) is 116 cm³/mol. The number of hydrogen-bond acceptors (Lipinski definition) is 6. The number of rotatable bonds is 7. The monoisotopic (exact) mass is 411 g/mol. The van der Waals surface area contributed by atoms with Gasteiger partial charge in [-0.2, -0.15) is 9.97 Å². The minimum Gasteiger partial charge on any atom is -0.369 e. The molecular weight excluding hydrogens is 386 g/mol. The van der Waals surface area contributed by atoms with Crippen LogP contribution in [0.5, 0.6) is 0 Å². The van der Waals surface area contributed by atoms with Gasteiger partial charge in [0.25, 0.3) is 0 Å². The van der Waals surface area contributed by atoms with Crippen LogP contribution in [-0.2, 0) is 9.84 Å². The Morgan fingerprint density at radius 1 is 1.10 bits per heavy atom. The van der Waals surface area contributed by atoms with Crippen molar-refractivity contribution in [3.63, 3.8) is 0 Å². The lowest BCUT2D eigenvalue weighted by atomic mass is 9.89. The zero-order chi connectivity index (χ0) is 20.3. The second-order valence-electron chi connectivity index (χ2n) is 7.38. The maximum atomic E-state index is 11.9. The molecule has 0 radical (unpaired) electrons. The molecule has 0 unspecified atom stereocenters. The second-order valence-corrected chi connectivity index (χ2v) is 9.28. The van der Waals surface area contributed by atoms with Crippen LogP contribution in [0.3, 0.4) is 0 Å². The second kappa shape index (κ2) is 8.24. The molecule has 0 amide bonds. The first-order chi connectivity index (χ1) is 14.0. The highest BCUT2D eigenvalue weighted by molar-refractivity contribution is 7.94. The van der Waals surface area contributed by atoms with E-state index in [1.165, 1.54) is 44.2 Å². The van der Waals surface area contributed by atoms with E-state index in [9.17, 15) is 8.42 Å². The van der Waals surface area contributed by atoms with Gasteiger partial charge in [-0.15, -0.1) is 0 Å². The molecule has 8 heteroatoms. The molecule has 3 aromatic rings. The summed E-state index contributed by atoms with van der Waals surface area (Å²) < 4.78 is 23.7. The summed E-state index contributed by atoms with van der Waals surface area (Å²) in [7, 11) is -3.44. The van der Waals surface area contributed by atoms with Crippen molar-refractivity contribution in [2.24, 2.45) is 5.92 Å². The highest BCUT2D eigenvalue weighted by atomic mass is 32.2. The summed E-state index contributed by atoms with van der Waals surface area (Å²) in [5.41, 5.74) is 1.46. The van der Waals surface area contributed by atoms with Crippen LogP contribution in [0.4, 0.5) is 17.5 Å². The fourth-order valence-corrected chi connectivity index (χ4v) is 4.43. The van der Waals surface area contributed by atoms with Crippen LogP contribution >= 0.6 is 0 Å². The number of nitrogens with zero attached hydrogens (tertiary/aromatic N) is 2.